The topological polar surface area (TPSA) is 68.8 Å². The summed E-state index contributed by atoms with van der Waals surface area (Å²) in [5.41, 5.74) is 2.45. The van der Waals surface area contributed by atoms with E-state index in [1.54, 1.807) is 31.6 Å². The highest BCUT2D eigenvalue weighted by atomic mass is 32.1. The van der Waals surface area contributed by atoms with Gasteiger partial charge in [-0.2, -0.15) is 0 Å². The summed E-state index contributed by atoms with van der Waals surface area (Å²) in [4.78, 5) is 13.8. The van der Waals surface area contributed by atoms with E-state index >= 15 is 0 Å². The van der Waals surface area contributed by atoms with Gasteiger partial charge in [0.25, 0.3) is 0 Å². The number of carbonyl (C=O) groups excluding carboxylic acids is 1. The van der Waals surface area contributed by atoms with Crippen LogP contribution in [0.4, 0.5) is 10.7 Å². The first kappa shape index (κ1) is 20.4. The molecule has 150 valence electrons. The van der Waals surface area contributed by atoms with Crippen LogP contribution >= 0.6 is 23.6 Å². The Kier molecular flexibility index (Phi) is 6.74. The van der Waals surface area contributed by atoms with Crippen molar-refractivity contribution in [3.05, 3.63) is 34.2 Å². The zero-order valence-corrected chi connectivity index (χ0v) is 17.9. The Labute approximate surface area is 174 Å². The fourth-order valence-electron chi connectivity index (χ4n) is 3.22. The van der Waals surface area contributed by atoms with E-state index in [4.69, 9.17) is 26.4 Å². The van der Waals surface area contributed by atoms with Crippen molar-refractivity contribution in [2.75, 3.05) is 31.5 Å². The van der Waals surface area contributed by atoms with Gasteiger partial charge in [0.15, 0.2) is 5.11 Å². The minimum atomic E-state index is -0.296. The van der Waals surface area contributed by atoms with E-state index in [9.17, 15) is 4.79 Å². The molecule has 3 rings (SSSR count). The van der Waals surface area contributed by atoms with Crippen molar-refractivity contribution in [1.29, 1.82) is 0 Å². The summed E-state index contributed by atoms with van der Waals surface area (Å²) >= 11 is 7.06. The standard InChI is InChI=1S/C20H24N2O4S2/c1-4-26-19(23)17-15-7-5-6-8-16(15)28-18(17)22-20(27)21-12-9-13(24-2)11-14(10-12)25-3/h9-11H,4-8H2,1-3H3,(H2,21,22,27). The Morgan fingerprint density at radius 3 is 2.43 bits per heavy atom. The van der Waals surface area contributed by atoms with Crippen LogP contribution in [0.2, 0.25) is 0 Å². The van der Waals surface area contributed by atoms with Crippen LogP contribution in [0, 0.1) is 0 Å². The van der Waals surface area contributed by atoms with Gasteiger partial charge in [-0.3, -0.25) is 0 Å². The van der Waals surface area contributed by atoms with Crippen molar-refractivity contribution >= 4 is 45.3 Å². The Bertz CT molecular complexity index is 857. The van der Waals surface area contributed by atoms with Gasteiger partial charge in [-0.1, -0.05) is 0 Å². The molecule has 2 N–H and O–H groups in total. The highest BCUT2D eigenvalue weighted by Gasteiger charge is 2.26. The Morgan fingerprint density at radius 1 is 1.11 bits per heavy atom. The zero-order chi connectivity index (χ0) is 20.1. The second kappa shape index (κ2) is 9.25. The molecule has 0 saturated carbocycles. The fraction of sp³-hybridized carbons (Fsp3) is 0.400. The average Bonchev–Trinajstić information content (AvgIpc) is 3.05. The van der Waals surface area contributed by atoms with Crippen LogP contribution in [0.1, 0.15) is 40.6 Å². The molecule has 1 heterocycles. The lowest BCUT2D eigenvalue weighted by molar-refractivity contribution is 0.0526. The quantitative estimate of drug-likeness (QED) is 0.522. The number of anilines is 2. The lowest BCUT2D eigenvalue weighted by Gasteiger charge is -2.14. The van der Waals surface area contributed by atoms with Crippen molar-refractivity contribution in [2.24, 2.45) is 0 Å². The number of thiophene rings is 1. The van der Waals surface area contributed by atoms with Crippen molar-refractivity contribution in [1.82, 2.24) is 0 Å². The lowest BCUT2D eigenvalue weighted by Crippen LogP contribution is -2.20. The van der Waals surface area contributed by atoms with Crippen LogP contribution in [0.15, 0.2) is 18.2 Å². The van der Waals surface area contributed by atoms with Crippen molar-refractivity contribution in [2.45, 2.75) is 32.6 Å². The number of hydrogen-bond acceptors (Lipinski definition) is 6. The lowest BCUT2D eigenvalue weighted by atomic mass is 9.95. The molecule has 6 nitrogen and oxygen atoms in total. The molecule has 1 aromatic heterocycles. The van der Waals surface area contributed by atoms with Gasteiger partial charge >= 0.3 is 5.97 Å². The van der Waals surface area contributed by atoms with Gasteiger partial charge in [0, 0.05) is 28.8 Å². The van der Waals surface area contributed by atoms with Gasteiger partial charge in [0.05, 0.1) is 26.4 Å². The van der Waals surface area contributed by atoms with E-state index in [1.807, 2.05) is 19.1 Å². The van der Waals surface area contributed by atoms with Crippen LogP contribution in [0.3, 0.4) is 0 Å². The predicted molar refractivity (Wildman–Crippen MR) is 116 cm³/mol. The Hall–Kier alpha value is -2.32. The SMILES string of the molecule is CCOC(=O)c1c(NC(=S)Nc2cc(OC)cc(OC)c2)sc2c1CCCC2. The summed E-state index contributed by atoms with van der Waals surface area (Å²) in [6.45, 7) is 2.15. The van der Waals surface area contributed by atoms with E-state index in [2.05, 4.69) is 10.6 Å². The summed E-state index contributed by atoms with van der Waals surface area (Å²) in [5, 5.41) is 7.44. The fourth-order valence-corrected chi connectivity index (χ4v) is 4.78. The number of rotatable bonds is 6. The predicted octanol–water partition coefficient (Wildman–Crippen LogP) is 4.63. The molecule has 0 amide bonds. The first-order valence-corrected chi connectivity index (χ1v) is 10.4. The summed E-state index contributed by atoms with van der Waals surface area (Å²) in [5.74, 6) is 1.02. The molecule has 1 aliphatic carbocycles. The molecule has 0 unspecified atom stereocenters. The molecule has 1 aromatic carbocycles. The van der Waals surface area contributed by atoms with Crippen molar-refractivity contribution in [3.8, 4) is 11.5 Å². The van der Waals surface area contributed by atoms with Gasteiger partial charge in [0.2, 0.25) is 0 Å². The second-order valence-electron chi connectivity index (χ2n) is 6.32. The number of ether oxygens (including phenoxy) is 3. The number of nitrogens with one attached hydrogen (secondary N) is 2. The Balaban J connectivity index is 1.82. The van der Waals surface area contributed by atoms with E-state index in [-0.39, 0.29) is 5.97 Å². The van der Waals surface area contributed by atoms with Crippen LogP contribution < -0.4 is 20.1 Å². The molecule has 1 aliphatic rings. The number of hydrogen-bond donors (Lipinski definition) is 2. The minimum Gasteiger partial charge on any atom is -0.497 e. The van der Waals surface area contributed by atoms with Gasteiger partial charge in [-0.25, -0.2) is 4.79 Å². The maximum absolute atomic E-state index is 12.6. The van der Waals surface area contributed by atoms with Crippen molar-refractivity contribution in [3.63, 3.8) is 0 Å². The number of thiocarbonyl (C=S) groups is 1. The Morgan fingerprint density at radius 2 is 1.79 bits per heavy atom. The van der Waals surface area contributed by atoms with Crippen LogP contribution in [-0.2, 0) is 17.6 Å². The first-order valence-electron chi connectivity index (χ1n) is 9.18. The maximum atomic E-state index is 12.6. The second-order valence-corrected chi connectivity index (χ2v) is 7.83. The smallest absolute Gasteiger partial charge is 0.341 e. The molecular formula is C20H24N2O4S2. The molecule has 28 heavy (non-hydrogen) atoms. The van der Waals surface area contributed by atoms with E-state index < -0.39 is 0 Å². The van der Waals surface area contributed by atoms with Gasteiger partial charge in [-0.15, -0.1) is 11.3 Å². The summed E-state index contributed by atoms with van der Waals surface area (Å²) in [7, 11) is 3.19. The van der Waals surface area contributed by atoms with Gasteiger partial charge in [0.1, 0.15) is 16.5 Å². The number of benzene rings is 1. The average molecular weight is 421 g/mol. The maximum Gasteiger partial charge on any atom is 0.341 e. The van der Waals surface area contributed by atoms with Crippen LogP contribution in [0.5, 0.6) is 11.5 Å². The number of fused-ring (bicyclic) bond motifs is 1. The monoisotopic (exact) mass is 420 g/mol. The third kappa shape index (κ3) is 4.56. The third-order valence-corrected chi connectivity index (χ3v) is 5.90. The summed E-state index contributed by atoms with van der Waals surface area (Å²) in [6, 6.07) is 5.43. The largest absolute Gasteiger partial charge is 0.497 e. The molecule has 0 saturated heterocycles. The van der Waals surface area contributed by atoms with Gasteiger partial charge in [-0.05, 0) is 50.4 Å². The minimum absolute atomic E-state index is 0.296. The molecule has 8 heteroatoms. The third-order valence-electron chi connectivity index (χ3n) is 4.49. The van der Waals surface area contributed by atoms with E-state index in [1.165, 1.54) is 4.88 Å². The van der Waals surface area contributed by atoms with Crippen LogP contribution in [0.25, 0.3) is 0 Å². The normalized spacial score (nSPS) is 12.7. The molecule has 0 bridgehead atoms. The van der Waals surface area contributed by atoms with E-state index in [0.717, 1.165) is 41.9 Å². The molecule has 2 aromatic rings. The zero-order valence-electron chi connectivity index (χ0n) is 16.2. The van der Waals surface area contributed by atoms with E-state index in [0.29, 0.717) is 28.8 Å². The highest BCUT2D eigenvalue weighted by molar-refractivity contribution is 7.80. The number of esters is 1. The molecule has 0 radical (unpaired) electrons. The van der Waals surface area contributed by atoms with Crippen molar-refractivity contribution < 1.29 is 19.0 Å². The molecule has 0 aliphatic heterocycles. The molecule has 0 fully saturated rings. The number of methoxy groups -OCH3 is 2. The summed E-state index contributed by atoms with van der Waals surface area (Å²) in [6.07, 6.45) is 4.11. The number of carbonyl (C=O) groups is 1. The molecule has 0 spiro atoms. The molecule has 0 atom stereocenters. The summed E-state index contributed by atoms with van der Waals surface area (Å²) < 4.78 is 15.9. The van der Waals surface area contributed by atoms with Crippen LogP contribution in [-0.4, -0.2) is 31.9 Å². The molecular weight excluding hydrogens is 396 g/mol. The first-order chi connectivity index (χ1) is 13.5. The highest BCUT2D eigenvalue weighted by Crippen LogP contribution is 2.38. The number of aryl methyl sites for hydroxylation is 1. The van der Waals surface area contributed by atoms with Gasteiger partial charge < -0.3 is 24.8 Å².